The van der Waals surface area contributed by atoms with E-state index in [1.807, 2.05) is 6.07 Å². The minimum Gasteiger partial charge on any atom is -0.456 e. The van der Waals surface area contributed by atoms with Crippen LogP contribution < -0.4 is 0 Å². The number of fused-ring (bicyclic) bond motifs is 6. The Balaban J connectivity index is 2.09. The highest BCUT2D eigenvalue weighted by atomic mass is 16.3. The molecule has 0 saturated carbocycles. The van der Waals surface area contributed by atoms with E-state index >= 15 is 0 Å². The van der Waals surface area contributed by atoms with Gasteiger partial charge in [0.15, 0.2) is 0 Å². The fourth-order valence-electron chi connectivity index (χ4n) is 4.07. The molecule has 118 valence electrons. The lowest BCUT2D eigenvalue weighted by atomic mass is 9.99. The van der Waals surface area contributed by atoms with E-state index in [4.69, 9.17) is 4.42 Å². The highest BCUT2D eigenvalue weighted by Crippen LogP contribution is 2.40. The average molecular weight is 313 g/mol. The maximum atomic E-state index is 6.29. The fourth-order valence-corrected chi connectivity index (χ4v) is 4.07. The van der Waals surface area contributed by atoms with Gasteiger partial charge in [-0.05, 0) is 24.6 Å². The molecule has 5 aromatic rings. The summed E-state index contributed by atoms with van der Waals surface area (Å²) in [7, 11) is 2.16. The lowest BCUT2D eigenvalue weighted by Gasteiger charge is -2.05. The number of benzene rings is 3. The summed E-state index contributed by atoms with van der Waals surface area (Å²) in [4.78, 5) is 0. The molecule has 0 unspecified atom stereocenters. The summed E-state index contributed by atoms with van der Waals surface area (Å²) in [5.74, 6) is 0. The molecule has 0 aliphatic rings. The van der Waals surface area contributed by atoms with Gasteiger partial charge in [0, 0.05) is 39.7 Å². The van der Waals surface area contributed by atoms with Crippen molar-refractivity contribution in [2.45, 2.75) is 19.8 Å². The number of nitrogens with zero attached hydrogens (tertiary/aromatic N) is 1. The largest absolute Gasteiger partial charge is 0.456 e. The molecular weight excluding hydrogens is 294 g/mol. The number of hydrogen-bond donors (Lipinski definition) is 0. The van der Waals surface area contributed by atoms with Crippen LogP contribution in [-0.2, 0) is 13.5 Å². The van der Waals surface area contributed by atoms with Gasteiger partial charge in [-0.25, -0.2) is 0 Å². The first kappa shape index (κ1) is 13.7. The zero-order valence-electron chi connectivity index (χ0n) is 14.0. The van der Waals surface area contributed by atoms with Crippen LogP contribution in [0.2, 0.25) is 0 Å². The normalized spacial score (nSPS) is 12.1. The van der Waals surface area contributed by atoms with Crippen LogP contribution in [0.5, 0.6) is 0 Å². The van der Waals surface area contributed by atoms with Crippen LogP contribution in [0.4, 0.5) is 0 Å². The molecule has 0 amide bonds. The first-order valence-electron chi connectivity index (χ1n) is 8.60. The molecule has 0 aliphatic heterocycles. The van der Waals surface area contributed by atoms with Crippen LogP contribution >= 0.6 is 0 Å². The van der Waals surface area contributed by atoms with Crippen molar-refractivity contribution in [2.24, 2.45) is 7.05 Å². The van der Waals surface area contributed by atoms with Crippen LogP contribution in [-0.4, -0.2) is 4.57 Å². The maximum Gasteiger partial charge on any atom is 0.139 e. The van der Waals surface area contributed by atoms with Gasteiger partial charge in [0.1, 0.15) is 11.2 Å². The summed E-state index contributed by atoms with van der Waals surface area (Å²) in [5.41, 5.74) is 5.95. The molecule has 3 aromatic carbocycles. The van der Waals surface area contributed by atoms with Gasteiger partial charge < -0.3 is 8.98 Å². The Bertz CT molecular complexity index is 1220. The third-order valence-electron chi connectivity index (χ3n) is 5.14. The molecule has 0 fully saturated rings. The van der Waals surface area contributed by atoms with Crippen molar-refractivity contribution < 1.29 is 4.42 Å². The summed E-state index contributed by atoms with van der Waals surface area (Å²) >= 11 is 0. The van der Waals surface area contributed by atoms with E-state index in [9.17, 15) is 0 Å². The van der Waals surface area contributed by atoms with Gasteiger partial charge in [-0.3, -0.25) is 0 Å². The number of para-hydroxylation sites is 2. The highest BCUT2D eigenvalue weighted by Gasteiger charge is 2.18. The van der Waals surface area contributed by atoms with E-state index in [1.165, 1.54) is 38.1 Å². The van der Waals surface area contributed by atoms with Gasteiger partial charge in [-0.15, -0.1) is 0 Å². The third kappa shape index (κ3) is 1.66. The Kier molecular flexibility index (Phi) is 2.78. The minimum atomic E-state index is 0.976. The molecule has 2 heterocycles. The predicted molar refractivity (Wildman–Crippen MR) is 102 cm³/mol. The Hall–Kier alpha value is -2.74. The van der Waals surface area contributed by atoms with Crippen molar-refractivity contribution >= 4 is 43.7 Å². The van der Waals surface area contributed by atoms with Gasteiger partial charge in [0.2, 0.25) is 0 Å². The van der Waals surface area contributed by atoms with Crippen molar-refractivity contribution in [3.05, 3.63) is 60.2 Å². The fraction of sp³-hybridized carbons (Fsp3) is 0.182. The number of rotatable bonds is 2. The summed E-state index contributed by atoms with van der Waals surface area (Å²) in [6, 6.07) is 19.3. The number of aromatic nitrogens is 1. The van der Waals surface area contributed by atoms with Gasteiger partial charge in [0.25, 0.3) is 0 Å². The Morgan fingerprint density at radius 3 is 2.46 bits per heavy atom. The van der Waals surface area contributed by atoms with E-state index in [0.29, 0.717) is 0 Å². The summed E-state index contributed by atoms with van der Waals surface area (Å²) in [6.45, 7) is 2.23. The smallest absolute Gasteiger partial charge is 0.139 e. The van der Waals surface area contributed by atoms with Crippen molar-refractivity contribution in [3.63, 3.8) is 0 Å². The van der Waals surface area contributed by atoms with Gasteiger partial charge in [-0.1, -0.05) is 49.7 Å². The molecule has 0 aliphatic carbocycles. The first-order valence-corrected chi connectivity index (χ1v) is 8.60. The Morgan fingerprint density at radius 1 is 0.875 bits per heavy atom. The summed E-state index contributed by atoms with van der Waals surface area (Å²) in [6.07, 6.45) is 2.14. The minimum absolute atomic E-state index is 0.976. The number of aryl methyl sites for hydroxylation is 2. The van der Waals surface area contributed by atoms with Gasteiger partial charge in [0.05, 0.1) is 5.52 Å². The van der Waals surface area contributed by atoms with Gasteiger partial charge in [-0.2, -0.15) is 0 Å². The molecule has 2 aromatic heterocycles. The van der Waals surface area contributed by atoms with Crippen LogP contribution in [0.1, 0.15) is 18.9 Å². The second-order valence-electron chi connectivity index (χ2n) is 6.55. The lowest BCUT2D eigenvalue weighted by molar-refractivity contribution is 0.662. The number of furan rings is 1. The molecule has 24 heavy (non-hydrogen) atoms. The molecule has 2 heteroatoms. The van der Waals surface area contributed by atoms with Crippen LogP contribution in [0.15, 0.2) is 59.0 Å². The zero-order valence-corrected chi connectivity index (χ0v) is 14.0. The molecule has 0 spiro atoms. The SMILES string of the molecule is CCCc1c2oc3ccccc3c2cc2c1c1ccccc1n2C. The molecule has 5 rings (SSSR count). The molecule has 0 saturated heterocycles. The zero-order chi connectivity index (χ0) is 16.3. The third-order valence-corrected chi connectivity index (χ3v) is 5.14. The van der Waals surface area contributed by atoms with Crippen molar-refractivity contribution in [2.75, 3.05) is 0 Å². The lowest BCUT2D eigenvalue weighted by Crippen LogP contribution is -1.89. The van der Waals surface area contributed by atoms with E-state index in [2.05, 4.69) is 67.1 Å². The van der Waals surface area contributed by atoms with Crippen molar-refractivity contribution in [1.29, 1.82) is 0 Å². The maximum absolute atomic E-state index is 6.29. The molecule has 0 atom stereocenters. The van der Waals surface area contributed by atoms with E-state index in [0.717, 1.165) is 24.0 Å². The Morgan fingerprint density at radius 2 is 1.62 bits per heavy atom. The molecule has 0 bridgehead atoms. The van der Waals surface area contributed by atoms with Crippen molar-refractivity contribution in [3.8, 4) is 0 Å². The number of hydrogen-bond acceptors (Lipinski definition) is 1. The van der Waals surface area contributed by atoms with E-state index in [1.54, 1.807) is 0 Å². The first-order chi connectivity index (χ1) is 11.8. The second kappa shape index (κ2) is 4.88. The molecule has 2 nitrogen and oxygen atoms in total. The van der Waals surface area contributed by atoms with Gasteiger partial charge >= 0.3 is 0 Å². The van der Waals surface area contributed by atoms with E-state index in [-0.39, 0.29) is 0 Å². The van der Waals surface area contributed by atoms with Crippen LogP contribution in [0, 0.1) is 0 Å². The molecule has 0 N–H and O–H groups in total. The molecular formula is C22H19NO. The highest BCUT2D eigenvalue weighted by molar-refractivity contribution is 6.18. The van der Waals surface area contributed by atoms with Crippen LogP contribution in [0.25, 0.3) is 43.7 Å². The quantitative estimate of drug-likeness (QED) is 0.380. The van der Waals surface area contributed by atoms with E-state index < -0.39 is 0 Å². The average Bonchev–Trinajstić information content (AvgIpc) is 3.12. The van der Waals surface area contributed by atoms with Crippen molar-refractivity contribution in [1.82, 2.24) is 4.57 Å². The molecule has 0 radical (unpaired) electrons. The Labute approximate surface area is 140 Å². The second-order valence-corrected chi connectivity index (χ2v) is 6.55. The predicted octanol–water partition coefficient (Wildman–Crippen LogP) is 6.18. The standard InChI is InChI=1S/C22H19NO/c1-3-8-16-21-15-10-4-6-11-18(15)23(2)19(21)13-17-14-9-5-7-12-20(14)24-22(16)17/h4-7,9-13H,3,8H2,1-2H3. The summed E-state index contributed by atoms with van der Waals surface area (Å²) < 4.78 is 8.60. The monoisotopic (exact) mass is 313 g/mol. The summed E-state index contributed by atoms with van der Waals surface area (Å²) in [5, 5.41) is 5.10. The van der Waals surface area contributed by atoms with Crippen LogP contribution in [0.3, 0.4) is 0 Å². The topological polar surface area (TPSA) is 18.1 Å².